The van der Waals surface area contributed by atoms with Crippen molar-refractivity contribution < 1.29 is 4.79 Å². The van der Waals surface area contributed by atoms with Crippen LogP contribution in [0, 0.1) is 6.92 Å². The first-order valence-corrected chi connectivity index (χ1v) is 9.37. The molecule has 0 aliphatic carbocycles. The smallest absolute Gasteiger partial charge is 0.244 e. The summed E-state index contributed by atoms with van der Waals surface area (Å²) >= 11 is 0. The van der Waals surface area contributed by atoms with Crippen LogP contribution in [-0.4, -0.2) is 59.5 Å². The number of benzene rings is 1. The molecule has 4 rings (SSSR count). The Labute approximate surface area is 163 Å². The van der Waals surface area contributed by atoms with Crippen LogP contribution >= 0.6 is 0 Å². The van der Waals surface area contributed by atoms with Gasteiger partial charge in [0.1, 0.15) is 12.4 Å². The Morgan fingerprint density at radius 1 is 1.29 bits per heavy atom. The summed E-state index contributed by atoms with van der Waals surface area (Å²) in [4.78, 5) is 23.9. The van der Waals surface area contributed by atoms with Crippen molar-refractivity contribution in [2.24, 2.45) is 0 Å². The topological polar surface area (TPSA) is 95.8 Å². The van der Waals surface area contributed by atoms with Gasteiger partial charge in [-0.1, -0.05) is 24.3 Å². The first-order valence-electron chi connectivity index (χ1n) is 9.37. The number of aromatic amines is 1. The molecule has 0 unspecified atom stereocenters. The summed E-state index contributed by atoms with van der Waals surface area (Å²) in [5.41, 5.74) is 3.72. The summed E-state index contributed by atoms with van der Waals surface area (Å²) in [5.74, 6) is 1.40. The van der Waals surface area contributed by atoms with E-state index in [9.17, 15) is 4.79 Å². The Kier molecular flexibility index (Phi) is 5.16. The molecule has 0 spiro atoms. The molecular formula is C19H24N8O. The zero-order valence-corrected chi connectivity index (χ0v) is 16.2. The number of likely N-dealkylation sites (N-methyl/N-ethyl adjacent to an activating group) is 1. The minimum Gasteiger partial charge on any atom is -0.345 e. The predicted octanol–water partition coefficient (Wildman–Crippen LogP) is 0.922. The highest BCUT2D eigenvalue weighted by atomic mass is 16.2. The van der Waals surface area contributed by atoms with E-state index in [1.165, 1.54) is 11.1 Å². The maximum atomic E-state index is 12.6. The van der Waals surface area contributed by atoms with E-state index < -0.39 is 0 Å². The molecule has 0 saturated carbocycles. The average Bonchev–Trinajstić information content (AvgIpc) is 3.30. The zero-order valence-electron chi connectivity index (χ0n) is 16.2. The van der Waals surface area contributed by atoms with Crippen molar-refractivity contribution >= 4 is 5.91 Å². The summed E-state index contributed by atoms with van der Waals surface area (Å²) in [7, 11) is 1.76. The normalized spacial score (nSPS) is 14.1. The summed E-state index contributed by atoms with van der Waals surface area (Å²) in [5, 5.41) is 11.9. The molecule has 0 radical (unpaired) electrons. The third kappa shape index (κ3) is 4.09. The number of aromatic nitrogens is 6. The van der Waals surface area contributed by atoms with Crippen molar-refractivity contribution in [3.05, 3.63) is 58.9 Å². The number of nitrogens with one attached hydrogen (secondary N) is 1. The van der Waals surface area contributed by atoms with Gasteiger partial charge in [0.15, 0.2) is 5.82 Å². The Hall–Kier alpha value is -3.07. The number of carbonyl (C=O) groups is 1. The Morgan fingerprint density at radius 2 is 2.11 bits per heavy atom. The summed E-state index contributed by atoms with van der Waals surface area (Å²) < 4.78 is 1.59. The number of nitrogens with zero attached hydrogens (tertiary/aromatic N) is 7. The second kappa shape index (κ2) is 7.89. The monoisotopic (exact) mass is 380 g/mol. The molecule has 1 aliphatic rings. The fourth-order valence-electron chi connectivity index (χ4n) is 3.46. The number of tetrazole rings is 1. The van der Waals surface area contributed by atoms with E-state index in [4.69, 9.17) is 0 Å². The van der Waals surface area contributed by atoms with Crippen LogP contribution in [0.15, 0.2) is 30.5 Å². The van der Waals surface area contributed by atoms with Crippen LogP contribution in [0.5, 0.6) is 0 Å². The number of imidazole rings is 1. The summed E-state index contributed by atoms with van der Waals surface area (Å²) in [6, 6.07) is 8.51. The molecule has 3 heterocycles. The maximum absolute atomic E-state index is 12.6. The lowest BCUT2D eigenvalue weighted by molar-refractivity contribution is -0.131. The highest BCUT2D eigenvalue weighted by Crippen LogP contribution is 2.19. The van der Waals surface area contributed by atoms with Crippen LogP contribution < -0.4 is 0 Å². The summed E-state index contributed by atoms with van der Waals surface area (Å²) in [6.45, 7) is 4.92. The van der Waals surface area contributed by atoms with Crippen molar-refractivity contribution in [3.63, 3.8) is 0 Å². The fourth-order valence-corrected chi connectivity index (χ4v) is 3.46. The molecule has 1 aromatic carbocycles. The predicted molar refractivity (Wildman–Crippen MR) is 102 cm³/mol. The number of H-pyrrole nitrogens is 1. The van der Waals surface area contributed by atoms with Crippen LogP contribution in [-0.2, 0) is 37.4 Å². The number of hydrogen-bond donors (Lipinski definition) is 1. The van der Waals surface area contributed by atoms with E-state index >= 15 is 0 Å². The van der Waals surface area contributed by atoms with Gasteiger partial charge in [-0.2, -0.15) is 0 Å². The molecule has 0 saturated heterocycles. The fraction of sp³-hybridized carbons (Fsp3) is 0.421. The maximum Gasteiger partial charge on any atom is 0.244 e. The van der Waals surface area contributed by atoms with Crippen molar-refractivity contribution in [2.75, 3.05) is 13.6 Å². The molecule has 3 aromatic rings. The van der Waals surface area contributed by atoms with Crippen LogP contribution in [0.1, 0.15) is 28.5 Å². The molecule has 9 heteroatoms. The number of rotatable bonds is 6. The molecule has 1 aliphatic heterocycles. The van der Waals surface area contributed by atoms with Gasteiger partial charge < -0.3 is 9.88 Å². The van der Waals surface area contributed by atoms with Crippen molar-refractivity contribution in [1.29, 1.82) is 0 Å². The zero-order chi connectivity index (χ0) is 19.5. The van der Waals surface area contributed by atoms with Crippen molar-refractivity contribution in [1.82, 2.24) is 40.0 Å². The van der Waals surface area contributed by atoms with Gasteiger partial charge in [-0.25, -0.2) is 9.67 Å². The molecular weight excluding hydrogens is 356 g/mol. The van der Waals surface area contributed by atoms with Gasteiger partial charge in [0.25, 0.3) is 0 Å². The molecule has 0 bridgehead atoms. The van der Waals surface area contributed by atoms with Gasteiger partial charge in [0.05, 0.1) is 13.1 Å². The molecule has 0 atom stereocenters. The van der Waals surface area contributed by atoms with Crippen LogP contribution in [0.25, 0.3) is 0 Å². The molecule has 28 heavy (non-hydrogen) atoms. The largest absolute Gasteiger partial charge is 0.345 e. The molecule has 1 N–H and O–H groups in total. The average molecular weight is 380 g/mol. The van der Waals surface area contributed by atoms with Gasteiger partial charge >= 0.3 is 0 Å². The number of aryl methyl sites for hydroxylation is 1. The highest BCUT2D eigenvalue weighted by molar-refractivity contribution is 5.75. The minimum atomic E-state index is -0.0633. The van der Waals surface area contributed by atoms with E-state index in [1.807, 2.05) is 6.92 Å². The first-order chi connectivity index (χ1) is 13.6. The third-order valence-corrected chi connectivity index (χ3v) is 5.03. The van der Waals surface area contributed by atoms with E-state index in [-0.39, 0.29) is 12.5 Å². The standard InChI is InChI=1S/C19H24N8O/c1-14-9-20-17(21-14)11-25(2)19(28)13-27-18(22-23-24-27)12-26-8-7-15-5-3-4-6-16(15)10-26/h3-6,9H,7-8,10-13H2,1-2H3,(H,20,21). The van der Waals surface area contributed by atoms with Crippen LogP contribution in [0.3, 0.4) is 0 Å². The van der Waals surface area contributed by atoms with Gasteiger partial charge in [0, 0.05) is 32.0 Å². The second-order valence-electron chi connectivity index (χ2n) is 7.24. The van der Waals surface area contributed by atoms with Crippen molar-refractivity contribution in [3.8, 4) is 0 Å². The van der Waals surface area contributed by atoms with E-state index in [1.54, 1.807) is 22.8 Å². The van der Waals surface area contributed by atoms with E-state index in [0.29, 0.717) is 18.9 Å². The molecule has 1 amide bonds. The van der Waals surface area contributed by atoms with Gasteiger partial charge in [-0.05, 0) is 34.9 Å². The second-order valence-corrected chi connectivity index (χ2v) is 7.24. The van der Waals surface area contributed by atoms with Crippen molar-refractivity contribution in [2.45, 2.75) is 39.5 Å². The lowest BCUT2D eigenvalue weighted by Crippen LogP contribution is -2.33. The van der Waals surface area contributed by atoms with Gasteiger partial charge in [0.2, 0.25) is 5.91 Å². The SMILES string of the molecule is Cc1cnc(CN(C)C(=O)Cn2nnnc2CN2CCc3ccccc3C2)[nH]1. The van der Waals surface area contributed by atoms with Crippen LogP contribution in [0.4, 0.5) is 0 Å². The minimum absolute atomic E-state index is 0.0633. The third-order valence-electron chi connectivity index (χ3n) is 5.03. The number of hydrogen-bond acceptors (Lipinski definition) is 6. The number of fused-ring (bicyclic) bond motifs is 1. The lowest BCUT2D eigenvalue weighted by Gasteiger charge is -2.28. The summed E-state index contributed by atoms with van der Waals surface area (Å²) in [6.07, 6.45) is 2.77. The number of amides is 1. The molecule has 0 fully saturated rings. The Bertz CT molecular complexity index is 962. The Morgan fingerprint density at radius 3 is 2.89 bits per heavy atom. The van der Waals surface area contributed by atoms with Gasteiger partial charge in [-0.3, -0.25) is 9.69 Å². The quantitative estimate of drug-likeness (QED) is 0.683. The van der Waals surface area contributed by atoms with Crippen LogP contribution in [0.2, 0.25) is 0 Å². The molecule has 9 nitrogen and oxygen atoms in total. The molecule has 146 valence electrons. The number of carbonyl (C=O) groups excluding carboxylic acids is 1. The van der Waals surface area contributed by atoms with Gasteiger partial charge in [-0.15, -0.1) is 5.10 Å². The first kappa shape index (κ1) is 18.3. The van der Waals surface area contributed by atoms with E-state index in [0.717, 1.165) is 31.0 Å². The molecule has 2 aromatic heterocycles. The Balaban J connectivity index is 1.37. The highest BCUT2D eigenvalue weighted by Gasteiger charge is 2.20. The van der Waals surface area contributed by atoms with E-state index in [2.05, 4.69) is 54.7 Å². The lowest BCUT2D eigenvalue weighted by atomic mass is 10.00.